The Kier molecular flexibility index (Phi) is 34.8. The van der Waals surface area contributed by atoms with Gasteiger partial charge in [-0.25, -0.2) is 0 Å². The molecule has 0 aromatic heterocycles. The molecule has 2 heteroatoms. The highest BCUT2D eigenvalue weighted by molar-refractivity contribution is 5.81. The molecule has 0 aromatic rings. The second-order valence-electron chi connectivity index (χ2n) is 1.43. The van der Waals surface area contributed by atoms with Gasteiger partial charge in [-0.1, -0.05) is 27.7 Å². The van der Waals surface area contributed by atoms with Crippen molar-refractivity contribution < 1.29 is 5.11 Å². The molecule has 0 aliphatic rings. The van der Waals surface area contributed by atoms with Gasteiger partial charge in [0.15, 0.2) is 0 Å². The minimum atomic E-state index is 0.211. The van der Waals surface area contributed by atoms with Crippen molar-refractivity contribution in [1.82, 2.24) is 0 Å². The van der Waals surface area contributed by atoms with Crippen molar-refractivity contribution in [2.75, 3.05) is 13.7 Å². The van der Waals surface area contributed by atoms with Gasteiger partial charge in [0.2, 0.25) is 0 Å². The average Bonchev–Trinajstić information content (AvgIpc) is 2.12. The molecule has 0 bridgehead atoms. The summed E-state index contributed by atoms with van der Waals surface area (Å²) in [6.07, 6.45) is 0.705. The molecule has 0 spiro atoms. The lowest BCUT2D eigenvalue weighted by atomic mass is 10.3. The maximum absolute atomic E-state index is 8.29. The Labute approximate surface area is 71.4 Å². The first-order valence-corrected chi connectivity index (χ1v) is 4.34. The van der Waals surface area contributed by atoms with Crippen molar-refractivity contribution in [3.8, 4) is 0 Å². The van der Waals surface area contributed by atoms with Gasteiger partial charge in [-0.15, -0.1) is 0 Å². The third-order valence-electron chi connectivity index (χ3n) is 0.855. The zero-order valence-electron chi connectivity index (χ0n) is 8.81. The first-order chi connectivity index (χ1) is 5.31. The zero-order valence-corrected chi connectivity index (χ0v) is 8.81. The number of hydrogen-bond acceptors (Lipinski definition) is 2. The third kappa shape index (κ3) is 26.2. The molecule has 0 aromatic carbocycles. The molecule has 0 saturated heterocycles. The number of rotatable bonds is 2. The Balaban J connectivity index is -0.000000138. The van der Waals surface area contributed by atoms with E-state index >= 15 is 0 Å². The SMILES string of the molecule is CC.CC.CN=C(C)CCO. The fraction of sp³-hybridized carbons (Fsp3) is 0.889. The Hall–Kier alpha value is -0.370. The van der Waals surface area contributed by atoms with Crippen LogP contribution in [0.1, 0.15) is 41.0 Å². The van der Waals surface area contributed by atoms with Gasteiger partial charge in [0.05, 0.1) is 0 Å². The van der Waals surface area contributed by atoms with Crippen molar-refractivity contribution in [2.45, 2.75) is 41.0 Å². The molecule has 0 unspecified atom stereocenters. The molecule has 0 saturated carbocycles. The molecule has 0 aliphatic carbocycles. The minimum absolute atomic E-state index is 0.211. The molecule has 11 heavy (non-hydrogen) atoms. The van der Waals surface area contributed by atoms with Crippen LogP contribution in [0.3, 0.4) is 0 Å². The van der Waals surface area contributed by atoms with E-state index in [2.05, 4.69) is 4.99 Å². The van der Waals surface area contributed by atoms with Crippen LogP contribution in [-0.2, 0) is 0 Å². The van der Waals surface area contributed by atoms with Gasteiger partial charge in [0.25, 0.3) is 0 Å². The van der Waals surface area contributed by atoms with Crippen LogP contribution in [0.5, 0.6) is 0 Å². The van der Waals surface area contributed by atoms with E-state index in [0.29, 0.717) is 6.42 Å². The van der Waals surface area contributed by atoms with Gasteiger partial charge in [-0.3, -0.25) is 4.99 Å². The van der Waals surface area contributed by atoms with Crippen LogP contribution in [0, 0.1) is 0 Å². The number of hydrogen-bond donors (Lipinski definition) is 1. The monoisotopic (exact) mass is 161 g/mol. The van der Waals surface area contributed by atoms with E-state index in [4.69, 9.17) is 5.11 Å². The first kappa shape index (κ1) is 16.9. The summed E-state index contributed by atoms with van der Waals surface area (Å²) in [5.41, 5.74) is 1.00. The highest BCUT2D eigenvalue weighted by atomic mass is 16.3. The van der Waals surface area contributed by atoms with E-state index in [1.165, 1.54) is 0 Å². The van der Waals surface area contributed by atoms with Crippen molar-refractivity contribution in [3.05, 3.63) is 0 Å². The van der Waals surface area contributed by atoms with Crippen LogP contribution in [0.25, 0.3) is 0 Å². The first-order valence-electron chi connectivity index (χ1n) is 4.34. The summed E-state index contributed by atoms with van der Waals surface area (Å²) >= 11 is 0. The largest absolute Gasteiger partial charge is 0.396 e. The summed E-state index contributed by atoms with van der Waals surface area (Å²) in [5, 5.41) is 8.29. The molecule has 70 valence electrons. The smallest absolute Gasteiger partial charge is 0.0483 e. The fourth-order valence-electron chi connectivity index (χ4n) is 0.274. The van der Waals surface area contributed by atoms with Gasteiger partial charge in [-0.2, -0.15) is 0 Å². The molecule has 1 N–H and O–H groups in total. The summed E-state index contributed by atoms with van der Waals surface area (Å²) in [4.78, 5) is 3.83. The lowest BCUT2D eigenvalue weighted by Crippen LogP contribution is -1.93. The lowest BCUT2D eigenvalue weighted by Gasteiger charge is -1.89. The number of aliphatic hydroxyl groups is 1. The van der Waals surface area contributed by atoms with Crippen LogP contribution in [-0.4, -0.2) is 24.5 Å². The third-order valence-corrected chi connectivity index (χ3v) is 0.855. The molecule has 0 heterocycles. The molecular weight excluding hydrogens is 138 g/mol. The predicted octanol–water partition coefficient (Wildman–Crippen LogP) is 2.51. The van der Waals surface area contributed by atoms with Gasteiger partial charge in [0.1, 0.15) is 0 Å². The highest BCUT2D eigenvalue weighted by Crippen LogP contribution is 1.80. The summed E-state index contributed by atoms with van der Waals surface area (Å²) in [5.74, 6) is 0. The average molecular weight is 161 g/mol. The number of nitrogens with zero attached hydrogens (tertiary/aromatic N) is 1. The van der Waals surface area contributed by atoms with Crippen molar-refractivity contribution >= 4 is 5.71 Å². The number of aliphatic imine (C=N–C) groups is 1. The van der Waals surface area contributed by atoms with Crippen molar-refractivity contribution in [3.63, 3.8) is 0 Å². The summed E-state index contributed by atoms with van der Waals surface area (Å²) in [7, 11) is 1.73. The van der Waals surface area contributed by atoms with Crippen molar-refractivity contribution in [1.29, 1.82) is 0 Å². The van der Waals surface area contributed by atoms with Crippen LogP contribution in [0.4, 0.5) is 0 Å². The zero-order chi connectivity index (χ0) is 9.70. The molecule has 0 rings (SSSR count). The van der Waals surface area contributed by atoms with Crippen molar-refractivity contribution in [2.24, 2.45) is 4.99 Å². The number of aliphatic hydroxyl groups excluding tert-OH is 1. The Morgan fingerprint density at radius 3 is 1.64 bits per heavy atom. The Morgan fingerprint density at radius 2 is 1.55 bits per heavy atom. The highest BCUT2D eigenvalue weighted by Gasteiger charge is 1.82. The van der Waals surface area contributed by atoms with Crippen LogP contribution >= 0.6 is 0 Å². The maximum atomic E-state index is 8.29. The van der Waals surface area contributed by atoms with Gasteiger partial charge >= 0.3 is 0 Å². The van der Waals surface area contributed by atoms with Crippen LogP contribution in [0.2, 0.25) is 0 Å². The van der Waals surface area contributed by atoms with Gasteiger partial charge in [0, 0.05) is 25.8 Å². The normalized spacial score (nSPS) is 8.82. The van der Waals surface area contributed by atoms with E-state index in [-0.39, 0.29) is 6.61 Å². The molecule has 0 atom stereocenters. The second-order valence-corrected chi connectivity index (χ2v) is 1.43. The summed E-state index contributed by atoms with van der Waals surface area (Å²) in [6, 6.07) is 0. The standard InChI is InChI=1S/C5H11NO.2C2H6/c1-5(6-2)3-4-7;2*1-2/h7H,3-4H2,1-2H3;2*1-2H3. The maximum Gasteiger partial charge on any atom is 0.0483 e. The van der Waals surface area contributed by atoms with Gasteiger partial charge in [-0.05, 0) is 6.92 Å². The molecular formula is C9H23NO. The molecule has 2 nitrogen and oxygen atoms in total. The topological polar surface area (TPSA) is 32.6 Å². The Bertz CT molecular complexity index is 70.0. The Morgan fingerprint density at radius 1 is 1.18 bits per heavy atom. The van der Waals surface area contributed by atoms with E-state index in [1.54, 1.807) is 7.05 Å². The van der Waals surface area contributed by atoms with E-state index in [1.807, 2.05) is 34.6 Å². The summed E-state index contributed by atoms with van der Waals surface area (Å²) in [6.45, 7) is 10.1. The molecule has 0 aliphatic heterocycles. The molecule has 0 amide bonds. The minimum Gasteiger partial charge on any atom is -0.396 e. The van der Waals surface area contributed by atoms with Crippen LogP contribution < -0.4 is 0 Å². The summed E-state index contributed by atoms with van der Waals surface area (Å²) < 4.78 is 0. The molecule has 0 radical (unpaired) electrons. The predicted molar refractivity (Wildman–Crippen MR) is 53.4 cm³/mol. The van der Waals surface area contributed by atoms with E-state index in [0.717, 1.165) is 5.71 Å². The van der Waals surface area contributed by atoms with Gasteiger partial charge < -0.3 is 5.11 Å². The van der Waals surface area contributed by atoms with Crippen LogP contribution in [0.15, 0.2) is 4.99 Å². The molecule has 0 fully saturated rings. The second kappa shape index (κ2) is 22.6. The fourth-order valence-corrected chi connectivity index (χ4v) is 0.274. The van der Waals surface area contributed by atoms with E-state index < -0.39 is 0 Å². The van der Waals surface area contributed by atoms with E-state index in [9.17, 15) is 0 Å². The lowest BCUT2D eigenvalue weighted by molar-refractivity contribution is 0.307. The quantitative estimate of drug-likeness (QED) is 0.620.